The Labute approximate surface area is 502 Å². The predicted molar refractivity (Wildman–Crippen MR) is 293 cm³/mol. The number of carbonyl (C=O) groups excluding carboxylic acids is 4. The largest absolute Gasteiger partial charge is 1.00 e. The smallest absolute Gasteiger partial charge is 0.542 e. The summed E-state index contributed by atoms with van der Waals surface area (Å²) in [5.74, 6) is -2.22. The van der Waals surface area contributed by atoms with Crippen LogP contribution in [-0.2, 0) is 53.8 Å². The van der Waals surface area contributed by atoms with Crippen molar-refractivity contribution in [2.75, 3.05) is 36.9 Å². The Balaban J connectivity index is 0.000000291. The Kier molecular flexibility index (Phi) is 28.0. The van der Waals surface area contributed by atoms with E-state index in [0.717, 1.165) is 72.6 Å². The van der Waals surface area contributed by atoms with Crippen LogP contribution in [0.5, 0.6) is 11.5 Å². The summed E-state index contributed by atoms with van der Waals surface area (Å²) >= 11 is 11.8. The number of carboxylic acids is 1. The van der Waals surface area contributed by atoms with E-state index in [2.05, 4.69) is 16.0 Å². The third-order valence-electron chi connectivity index (χ3n) is 13.7. The average molecular weight is 1220 g/mol. The van der Waals surface area contributed by atoms with E-state index in [9.17, 15) is 70.9 Å². The van der Waals surface area contributed by atoms with Gasteiger partial charge in [-0.15, -0.1) is 0 Å². The van der Waals surface area contributed by atoms with E-state index < -0.39 is 68.1 Å². The van der Waals surface area contributed by atoms with Crippen molar-refractivity contribution in [1.82, 2.24) is 5.32 Å². The number of fused-ring (bicyclic) bond motifs is 2. The fraction of sp³-hybridized carbons (Fsp3) is 0.500. The van der Waals surface area contributed by atoms with Crippen molar-refractivity contribution in [3.8, 4) is 11.5 Å². The number of ether oxygens (including phenoxy) is 4. The van der Waals surface area contributed by atoms with E-state index in [0.29, 0.717) is 74.6 Å². The van der Waals surface area contributed by atoms with Gasteiger partial charge in [-0.25, -0.2) is 0 Å². The van der Waals surface area contributed by atoms with E-state index in [1.54, 1.807) is 24.3 Å². The van der Waals surface area contributed by atoms with Crippen molar-refractivity contribution in [3.63, 3.8) is 0 Å². The predicted octanol–water partition coefficient (Wildman–Crippen LogP) is 7.56. The summed E-state index contributed by atoms with van der Waals surface area (Å²) in [7, 11) is 0. The summed E-state index contributed by atoms with van der Waals surface area (Å²) in [6.07, 6.45) is -2.12. The molecule has 0 bridgehead atoms. The molecule has 4 aromatic rings. The van der Waals surface area contributed by atoms with Gasteiger partial charge >= 0.3 is 31.2 Å². The van der Waals surface area contributed by atoms with E-state index in [4.69, 9.17) is 47.9 Å². The number of nitrogens with zero attached hydrogens (tertiary/aromatic N) is 2. The summed E-state index contributed by atoms with van der Waals surface area (Å²) in [4.78, 5) is 65.1. The zero-order valence-electron chi connectivity index (χ0n) is 46.4. The normalized spacial score (nSPS) is 19.4. The molecule has 0 aromatic heterocycles. The minimum atomic E-state index is -4.84. The van der Waals surface area contributed by atoms with E-state index in [1.807, 2.05) is 26.0 Å². The Morgan fingerprint density at radius 2 is 1.04 bits per heavy atom. The average Bonchev–Trinajstić information content (AvgIpc) is 4.19. The number of ketones is 2. The number of Topliss-reactive ketones (excluding diaryl/α,β-unsaturated/α-hetero) is 2. The van der Waals surface area contributed by atoms with Crippen LogP contribution >= 0.6 is 23.2 Å². The molecular formula is C56H65Cl2F6LiN6O13. The first-order valence-electron chi connectivity index (χ1n) is 27.0. The SMILES string of the molecule is CC.NCCOC1CCC(Nc2ccc([N+](=O)[O-])c(C(F)(F)F)c2)CC1.O=C(CCC1Cc2cc(Cl)ccc2O1)C(=O)NCCOC1CCC(Nc2ccc([N+](=O)[O-])c(C(F)(F)F)c2)CC1.O=C([O-])C(=O)CCC1Cc2cc(Cl)ccc2O1.[Li+]. The molecule has 19 nitrogen and oxygen atoms in total. The molecule has 8 rings (SSSR count). The van der Waals surface area contributed by atoms with Crippen LogP contribution in [0.25, 0.3) is 0 Å². The van der Waals surface area contributed by atoms with Gasteiger partial charge in [0.25, 0.3) is 17.3 Å². The molecule has 4 aromatic carbocycles. The molecule has 2 unspecified atom stereocenters. The summed E-state index contributed by atoms with van der Waals surface area (Å²) in [6.45, 7) is 5.36. The minimum absolute atomic E-state index is 0. The molecule has 0 spiro atoms. The first-order chi connectivity index (χ1) is 39.4. The van der Waals surface area contributed by atoms with Gasteiger partial charge in [-0.3, -0.25) is 34.6 Å². The van der Waals surface area contributed by atoms with Crippen LogP contribution in [0.15, 0.2) is 72.8 Å². The van der Waals surface area contributed by atoms with Crippen LogP contribution in [0.2, 0.25) is 10.0 Å². The number of amides is 1. The molecule has 2 saturated carbocycles. The number of halogens is 8. The number of carbonyl (C=O) groups is 4. The second-order valence-electron chi connectivity index (χ2n) is 19.6. The fourth-order valence-electron chi connectivity index (χ4n) is 9.67. The summed E-state index contributed by atoms with van der Waals surface area (Å²) in [5.41, 5.74) is 3.31. The van der Waals surface area contributed by atoms with Crippen LogP contribution in [0, 0.1) is 20.2 Å². The zero-order valence-corrected chi connectivity index (χ0v) is 47.9. The first-order valence-corrected chi connectivity index (χ1v) is 27.7. The third kappa shape index (κ3) is 22.0. The zero-order chi connectivity index (χ0) is 61.0. The molecule has 0 saturated heterocycles. The van der Waals surface area contributed by atoms with Crippen molar-refractivity contribution >= 4 is 69.4 Å². The van der Waals surface area contributed by atoms with E-state index in [-0.39, 0.29) is 92.7 Å². The molecule has 84 heavy (non-hydrogen) atoms. The van der Waals surface area contributed by atoms with E-state index >= 15 is 0 Å². The quantitative estimate of drug-likeness (QED) is 0.0156. The number of anilines is 2. The maximum atomic E-state index is 13.2. The number of benzene rings is 4. The molecule has 1 amide bonds. The van der Waals surface area contributed by atoms with Crippen LogP contribution < -0.4 is 55.1 Å². The maximum Gasteiger partial charge on any atom is 1.00 e. The molecule has 2 aliphatic heterocycles. The molecule has 2 atom stereocenters. The van der Waals surface area contributed by atoms with Gasteiger partial charge in [0.05, 0.1) is 35.3 Å². The van der Waals surface area contributed by atoms with Gasteiger partial charge in [0.15, 0.2) is 5.78 Å². The van der Waals surface area contributed by atoms with Crippen LogP contribution in [0.1, 0.15) is 113 Å². The van der Waals surface area contributed by atoms with Crippen molar-refractivity contribution in [2.24, 2.45) is 5.73 Å². The van der Waals surface area contributed by atoms with Gasteiger partial charge in [-0.1, -0.05) is 37.0 Å². The topological polar surface area (TPSA) is 277 Å². The molecule has 454 valence electrons. The number of aliphatic carboxylic acids is 1. The molecule has 4 aliphatic rings. The third-order valence-corrected chi connectivity index (χ3v) is 14.2. The van der Waals surface area contributed by atoms with Crippen LogP contribution in [0.4, 0.5) is 49.1 Å². The van der Waals surface area contributed by atoms with E-state index in [1.165, 1.54) is 12.1 Å². The number of rotatable bonds is 21. The van der Waals surface area contributed by atoms with Crippen molar-refractivity contribution < 1.29 is 98.3 Å². The molecule has 2 heterocycles. The number of nitro benzene ring substituents is 2. The summed E-state index contributed by atoms with van der Waals surface area (Å²) in [5, 5.41) is 41.8. The molecular weight excluding hydrogens is 1160 g/mol. The number of nitro groups is 2. The Bertz CT molecular complexity index is 2880. The number of carboxylic acid groups (broad SMARTS) is 1. The second kappa shape index (κ2) is 33.5. The second-order valence-corrected chi connectivity index (χ2v) is 20.5. The standard InChI is InChI=1S/C27H29ClF3N3O6.C15H20F3N3O3.C12H11ClO4.C2H6.Li/c28-17-1-10-25-16(13-17)14-21(40-25)7-9-24(35)26(36)32-11-12-39-20-5-2-18(3-6-20)33-19-4-8-23(34(37)38)22(15-19)27(29,30)31;16-15(17,18)13-9-11(3-6-14(13)21(22)23)20-10-1-4-12(5-2-10)24-8-7-19;13-8-1-4-11-7(5-8)6-9(17-11)2-3-10(14)12(15)16;1-2;/h1,4,8,10,13,15,18,20-21,33H,2-3,5-7,9,11-12,14H2,(H,32,36);3,6,9-10,12,20H,1-2,4-5,7-8,19H2;1,4-5,9H,2-3,6H2,(H,15,16);1-2H3;/q;;;;+1/p-1. The molecule has 2 fully saturated rings. The molecule has 28 heteroatoms. The van der Waals surface area contributed by atoms with Crippen LogP contribution in [0.3, 0.4) is 0 Å². The Morgan fingerprint density at radius 3 is 1.42 bits per heavy atom. The number of alkyl halides is 6. The van der Waals surface area contributed by atoms with Gasteiger partial charge in [0, 0.05) is 84.4 Å². The van der Waals surface area contributed by atoms with Gasteiger partial charge in [0.1, 0.15) is 40.8 Å². The summed E-state index contributed by atoms with van der Waals surface area (Å²) in [6, 6.07) is 16.5. The Hall–Kier alpha value is -6.20. The summed E-state index contributed by atoms with van der Waals surface area (Å²) < 4.78 is 101. The van der Waals surface area contributed by atoms with Gasteiger partial charge in [-0.05, 0) is 136 Å². The number of hydrogen-bond donors (Lipinski definition) is 4. The monoisotopic (exact) mass is 1220 g/mol. The van der Waals surface area contributed by atoms with Crippen molar-refractivity contribution in [1.29, 1.82) is 0 Å². The molecule has 5 N–H and O–H groups in total. The fourth-order valence-corrected chi connectivity index (χ4v) is 10.1. The van der Waals surface area contributed by atoms with Gasteiger partial charge in [-0.2, -0.15) is 26.3 Å². The molecule has 0 radical (unpaired) electrons. The van der Waals surface area contributed by atoms with Gasteiger partial charge < -0.3 is 50.5 Å². The minimum Gasteiger partial charge on any atom is -0.542 e. The van der Waals surface area contributed by atoms with Crippen molar-refractivity contribution in [2.45, 2.75) is 153 Å². The Morgan fingerprint density at radius 1 is 0.631 bits per heavy atom. The maximum absolute atomic E-state index is 13.2. The van der Waals surface area contributed by atoms with Gasteiger partial charge in [0.2, 0.25) is 5.78 Å². The number of nitrogens with one attached hydrogen (secondary N) is 3. The van der Waals surface area contributed by atoms with Crippen molar-refractivity contribution in [3.05, 3.63) is 125 Å². The van der Waals surface area contributed by atoms with Crippen LogP contribution in [-0.4, -0.2) is 96.1 Å². The first kappa shape index (κ1) is 70.3. The number of hydrogen-bond acceptors (Lipinski definition) is 16. The molecule has 2 aliphatic carbocycles. The number of nitrogens with two attached hydrogens (primary N) is 1.